The van der Waals surface area contributed by atoms with E-state index in [-0.39, 0.29) is 6.54 Å². The molecular formula is C12H12N2O4. The predicted octanol–water partition coefficient (Wildman–Crippen LogP) is 0.925. The van der Waals surface area contributed by atoms with Crippen LogP contribution in [0, 0.1) is 6.92 Å². The van der Waals surface area contributed by atoms with Crippen molar-refractivity contribution in [3.05, 3.63) is 29.7 Å². The molecule has 6 nitrogen and oxygen atoms in total. The van der Waals surface area contributed by atoms with Crippen molar-refractivity contribution >= 4 is 23.0 Å². The van der Waals surface area contributed by atoms with Crippen molar-refractivity contribution in [3.8, 4) is 0 Å². The number of aromatic nitrogens is 1. The summed E-state index contributed by atoms with van der Waals surface area (Å²) in [6, 6.07) is 5.38. The zero-order valence-electron chi connectivity index (χ0n) is 10.0. The standard InChI is InChI=1S/C12H12N2O4/c1-7-14-9-4-3-8(5-10(9)18-7)6-13-11(15)12(16)17-2/h3-5H,6H2,1-2H3,(H,13,15). The molecule has 94 valence electrons. The van der Waals surface area contributed by atoms with E-state index in [1.807, 2.05) is 6.07 Å². The van der Waals surface area contributed by atoms with Crippen molar-refractivity contribution in [3.63, 3.8) is 0 Å². The van der Waals surface area contributed by atoms with Gasteiger partial charge in [-0.05, 0) is 17.7 Å². The molecule has 0 aliphatic carbocycles. The average molecular weight is 248 g/mol. The van der Waals surface area contributed by atoms with Gasteiger partial charge in [0.15, 0.2) is 11.5 Å². The van der Waals surface area contributed by atoms with E-state index in [0.29, 0.717) is 11.5 Å². The lowest BCUT2D eigenvalue weighted by atomic mass is 10.2. The Morgan fingerprint density at radius 3 is 2.94 bits per heavy atom. The number of benzene rings is 1. The van der Waals surface area contributed by atoms with E-state index in [0.717, 1.165) is 18.2 Å². The molecule has 0 saturated heterocycles. The Kier molecular flexibility index (Phi) is 3.27. The molecule has 0 unspecified atom stereocenters. The quantitative estimate of drug-likeness (QED) is 0.631. The number of methoxy groups -OCH3 is 1. The van der Waals surface area contributed by atoms with Crippen LogP contribution in [0.1, 0.15) is 11.5 Å². The van der Waals surface area contributed by atoms with Gasteiger partial charge in [-0.1, -0.05) is 6.07 Å². The number of nitrogens with one attached hydrogen (secondary N) is 1. The molecule has 1 aromatic carbocycles. The summed E-state index contributed by atoms with van der Waals surface area (Å²) in [5.41, 5.74) is 2.23. The highest BCUT2D eigenvalue weighted by Gasteiger charge is 2.12. The van der Waals surface area contributed by atoms with E-state index in [1.165, 1.54) is 0 Å². The van der Waals surface area contributed by atoms with Gasteiger partial charge in [0.2, 0.25) is 0 Å². The Hall–Kier alpha value is -2.37. The molecule has 6 heteroatoms. The van der Waals surface area contributed by atoms with Crippen LogP contribution in [0.25, 0.3) is 11.1 Å². The fraction of sp³-hybridized carbons (Fsp3) is 0.250. The van der Waals surface area contributed by atoms with Gasteiger partial charge in [0.25, 0.3) is 0 Å². The van der Waals surface area contributed by atoms with Gasteiger partial charge < -0.3 is 14.5 Å². The maximum absolute atomic E-state index is 11.2. The van der Waals surface area contributed by atoms with Crippen molar-refractivity contribution in [2.45, 2.75) is 13.5 Å². The summed E-state index contributed by atoms with van der Waals surface area (Å²) in [6.45, 7) is 1.99. The van der Waals surface area contributed by atoms with Gasteiger partial charge in [-0.25, -0.2) is 9.78 Å². The second-order valence-electron chi connectivity index (χ2n) is 3.71. The first-order valence-corrected chi connectivity index (χ1v) is 5.32. The van der Waals surface area contributed by atoms with Gasteiger partial charge in [-0.2, -0.15) is 0 Å². The van der Waals surface area contributed by atoms with Gasteiger partial charge >= 0.3 is 11.9 Å². The Morgan fingerprint density at radius 1 is 1.44 bits per heavy atom. The zero-order chi connectivity index (χ0) is 13.1. The first kappa shape index (κ1) is 12.1. The maximum Gasteiger partial charge on any atom is 0.396 e. The highest BCUT2D eigenvalue weighted by atomic mass is 16.5. The first-order chi connectivity index (χ1) is 8.60. The molecule has 0 bridgehead atoms. The number of amides is 1. The molecule has 1 aromatic heterocycles. The minimum Gasteiger partial charge on any atom is -0.462 e. The van der Waals surface area contributed by atoms with Crippen LogP contribution in [0.4, 0.5) is 0 Å². The van der Waals surface area contributed by atoms with Crippen LogP contribution in [0.5, 0.6) is 0 Å². The molecule has 18 heavy (non-hydrogen) atoms. The summed E-state index contributed by atoms with van der Waals surface area (Å²) in [4.78, 5) is 26.2. The number of hydrogen-bond acceptors (Lipinski definition) is 5. The van der Waals surface area contributed by atoms with E-state index in [4.69, 9.17) is 4.42 Å². The van der Waals surface area contributed by atoms with Gasteiger partial charge in [0.05, 0.1) is 7.11 Å². The lowest BCUT2D eigenvalue weighted by Crippen LogP contribution is -2.31. The molecule has 2 rings (SSSR count). The number of carbonyl (C=O) groups excluding carboxylic acids is 2. The number of esters is 1. The van der Waals surface area contributed by atoms with Gasteiger partial charge in [0.1, 0.15) is 5.52 Å². The zero-order valence-corrected chi connectivity index (χ0v) is 10.0. The predicted molar refractivity (Wildman–Crippen MR) is 62.6 cm³/mol. The third kappa shape index (κ3) is 2.48. The number of rotatable bonds is 2. The van der Waals surface area contributed by atoms with Crippen LogP contribution in [0.15, 0.2) is 22.6 Å². The van der Waals surface area contributed by atoms with Crippen molar-refractivity contribution in [1.82, 2.24) is 10.3 Å². The normalized spacial score (nSPS) is 10.3. The molecule has 0 fully saturated rings. The third-order valence-electron chi connectivity index (χ3n) is 2.38. The number of ether oxygens (including phenoxy) is 1. The van der Waals surface area contributed by atoms with E-state index in [2.05, 4.69) is 15.0 Å². The van der Waals surface area contributed by atoms with Crippen molar-refractivity contribution in [2.24, 2.45) is 0 Å². The van der Waals surface area contributed by atoms with Crippen molar-refractivity contribution in [1.29, 1.82) is 0 Å². The fourth-order valence-electron chi connectivity index (χ4n) is 1.54. The summed E-state index contributed by atoms with van der Waals surface area (Å²) in [6.07, 6.45) is 0. The van der Waals surface area contributed by atoms with E-state index < -0.39 is 11.9 Å². The summed E-state index contributed by atoms with van der Waals surface area (Å²) in [7, 11) is 1.16. The summed E-state index contributed by atoms with van der Waals surface area (Å²) >= 11 is 0. The summed E-state index contributed by atoms with van der Waals surface area (Å²) in [5, 5.41) is 2.45. The minimum atomic E-state index is -0.911. The maximum atomic E-state index is 11.2. The monoisotopic (exact) mass is 248 g/mol. The molecule has 0 spiro atoms. The van der Waals surface area contributed by atoms with Crippen LogP contribution in [-0.4, -0.2) is 24.0 Å². The minimum absolute atomic E-state index is 0.226. The SMILES string of the molecule is COC(=O)C(=O)NCc1ccc2nc(C)oc2c1. The van der Waals surface area contributed by atoms with Gasteiger partial charge in [-0.3, -0.25) is 4.79 Å². The second-order valence-corrected chi connectivity index (χ2v) is 3.71. The van der Waals surface area contributed by atoms with Crippen LogP contribution < -0.4 is 5.32 Å². The molecule has 0 radical (unpaired) electrons. The Labute approximate surface area is 103 Å². The van der Waals surface area contributed by atoms with Gasteiger partial charge in [0, 0.05) is 13.5 Å². The number of aryl methyl sites for hydroxylation is 1. The topological polar surface area (TPSA) is 81.4 Å². The van der Waals surface area contributed by atoms with Gasteiger partial charge in [-0.15, -0.1) is 0 Å². The Balaban J connectivity index is 2.08. The lowest BCUT2D eigenvalue weighted by Gasteiger charge is -2.03. The third-order valence-corrected chi connectivity index (χ3v) is 2.38. The average Bonchev–Trinajstić information content (AvgIpc) is 2.74. The molecule has 2 aromatic rings. The van der Waals surface area contributed by atoms with Crippen LogP contribution >= 0.6 is 0 Å². The molecule has 1 heterocycles. The van der Waals surface area contributed by atoms with Crippen LogP contribution in [0.3, 0.4) is 0 Å². The number of hydrogen-bond donors (Lipinski definition) is 1. The molecule has 1 N–H and O–H groups in total. The molecule has 0 saturated carbocycles. The molecule has 0 atom stereocenters. The van der Waals surface area contributed by atoms with Crippen LogP contribution in [0.2, 0.25) is 0 Å². The largest absolute Gasteiger partial charge is 0.462 e. The second kappa shape index (κ2) is 4.87. The van der Waals surface area contributed by atoms with Crippen LogP contribution in [-0.2, 0) is 20.9 Å². The Bertz CT molecular complexity index is 603. The van der Waals surface area contributed by atoms with E-state index in [9.17, 15) is 9.59 Å². The van der Waals surface area contributed by atoms with Crippen molar-refractivity contribution < 1.29 is 18.7 Å². The number of oxazole rings is 1. The number of fused-ring (bicyclic) bond motifs is 1. The molecule has 0 aliphatic rings. The fourth-order valence-corrected chi connectivity index (χ4v) is 1.54. The smallest absolute Gasteiger partial charge is 0.396 e. The molecule has 0 aliphatic heterocycles. The van der Waals surface area contributed by atoms with Crippen molar-refractivity contribution in [2.75, 3.05) is 7.11 Å². The highest BCUT2D eigenvalue weighted by Crippen LogP contribution is 2.16. The number of nitrogens with zero attached hydrogens (tertiary/aromatic N) is 1. The molecular weight excluding hydrogens is 236 g/mol. The first-order valence-electron chi connectivity index (χ1n) is 5.32. The van der Waals surface area contributed by atoms with E-state index >= 15 is 0 Å². The van der Waals surface area contributed by atoms with E-state index in [1.54, 1.807) is 19.1 Å². The Morgan fingerprint density at radius 2 is 2.22 bits per heavy atom. The lowest BCUT2D eigenvalue weighted by molar-refractivity contribution is -0.152. The molecule has 1 amide bonds. The summed E-state index contributed by atoms with van der Waals surface area (Å²) in [5.74, 6) is -1.10. The highest BCUT2D eigenvalue weighted by molar-refractivity contribution is 6.32. The summed E-state index contributed by atoms with van der Waals surface area (Å²) < 4.78 is 9.66. The number of carbonyl (C=O) groups is 2.